The molecule has 1 aliphatic carbocycles. The molecule has 0 saturated heterocycles. The van der Waals surface area contributed by atoms with Gasteiger partial charge in [0.05, 0.1) is 0 Å². The molecule has 0 amide bonds. The van der Waals surface area contributed by atoms with Crippen molar-refractivity contribution in [3.05, 3.63) is 29.6 Å². The fraction of sp³-hybridized carbons (Fsp3) is 0.706. The average Bonchev–Trinajstić information content (AvgIpc) is 2.38. The molecular weight excluding hydrogens is 232 g/mol. The molecule has 1 N–H and O–H groups in total. The molecule has 1 aromatic heterocycles. The van der Waals surface area contributed by atoms with E-state index in [-0.39, 0.29) is 0 Å². The minimum Gasteiger partial charge on any atom is -0.310 e. The Morgan fingerprint density at radius 2 is 2.05 bits per heavy atom. The molecule has 1 heterocycles. The van der Waals surface area contributed by atoms with E-state index in [9.17, 15) is 0 Å². The van der Waals surface area contributed by atoms with Gasteiger partial charge in [-0.15, -0.1) is 0 Å². The molecule has 0 bridgehead atoms. The summed E-state index contributed by atoms with van der Waals surface area (Å²) in [6.07, 6.45) is 9.31. The van der Waals surface area contributed by atoms with Crippen molar-refractivity contribution in [2.24, 2.45) is 11.3 Å². The Morgan fingerprint density at radius 3 is 2.63 bits per heavy atom. The Balaban J connectivity index is 2.15. The molecule has 1 unspecified atom stereocenters. The molecule has 106 valence electrons. The highest BCUT2D eigenvalue weighted by molar-refractivity contribution is 5.26. The summed E-state index contributed by atoms with van der Waals surface area (Å²) < 4.78 is 0. The maximum Gasteiger partial charge on any atom is 0.0366 e. The highest BCUT2D eigenvalue weighted by atomic mass is 14.9. The van der Waals surface area contributed by atoms with Gasteiger partial charge in [-0.1, -0.05) is 20.8 Å². The van der Waals surface area contributed by atoms with Gasteiger partial charge in [0.2, 0.25) is 0 Å². The Labute approximate surface area is 118 Å². The number of nitrogens with one attached hydrogen (secondary N) is 1. The Kier molecular flexibility index (Phi) is 4.62. The van der Waals surface area contributed by atoms with E-state index in [4.69, 9.17) is 0 Å². The van der Waals surface area contributed by atoms with Gasteiger partial charge >= 0.3 is 0 Å². The quantitative estimate of drug-likeness (QED) is 0.875. The summed E-state index contributed by atoms with van der Waals surface area (Å²) in [5, 5.41) is 3.70. The van der Waals surface area contributed by atoms with E-state index in [0.717, 1.165) is 12.5 Å². The van der Waals surface area contributed by atoms with Crippen LogP contribution in [0, 0.1) is 18.3 Å². The third-order valence-electron chi connectivity index (χ3n) is 4.69. The van der Waals surface area contributed by atoms with E-state index in [1.54, 1.807) is 0 Å². The highest BCUT2D eigenvalue weighted by Crippen LogP contribution is 2.43. The van der Waals surface area contributed by atoms with Crippen LogP contribution in [0.15, 0.2) is 18.5 Å². The van der Waals surface area contributed by atoms with Gasteiger partial charge in [0.1, 0.15) is 0 Å². The Hall–Kier alpha value is -0.890. The standard InChI is InChI=1S/C17H28N2/c1-5-19-16(15-12-18-11-8-13(15)2)14-6-9-17(3,4)10-7-14/h8,11-12,14,16,19H,5-7,9-10H2,1-4H3. The lowest BCUT2D eigenvalue weighted by Crippen LogP contribution is -2.33. The molecule has 1 aromatic rings. The molecule has 1 aliphatic rings. The third-order valence-corrected chi connectivity index (χ3v) is 4.69. The highest BCUT2D eigenvalue weighted by Gasteiger charge is 2.32. The summed E-state index contributed by atoms with van der Waals surface area (Å²) in [6, 6.07) is 2.61. The summed E-state index contributed by atoms with van der Waals surface area (Å²) in [4.78, 5) is 4.33. The van der Waals surface area contributed by atoms with E-state index >= 15 is 0 Å². The first kappa shape index (κ1) is 14.5. The molecule has 0 aliphatic heterocycles. The van der Waals surface area contributed by atoms with Crippen LogP contribution < -0.4 is 5.32 Å². The van der Waals surface area contributed by atoms with Crippen molar-refractivity contribution < 1.29 is 0 Å². The zero-order valence-electron chi connectivity index (χ0n) is 12.9. The van der Waals surface area contributed by atoms with Crippen molar-refractivity contribution in [1.82, 2.24) is 10.3 Å². The lowest BCUT2D eigenvalue weighted by molar-refractivity contribution is 0.162. The molecule has 0 aromatic carbocycles. The van der Waals surface area contributed by atoms with Crippen molar-refractivity contribution >= 4 is 0 Å². The van der Waals surface area contributed by atoms with Gasteiger partial charge in [-0.2, -0.15) is 0 Å². The van der Waals surface area contributed by atoms with Crippen LogP contribution in [0.2, 0.25) is 0 Å². The van der Waals surface area contributed by atoms with Crippen molar-refractivity contribution in [1.29, 1.82) is 0 Å². The predicted molar refractivity (Wildman–Crippen MR) is 81.1 cm³/mol. The largest absolute Gasteiger partial charge is 0.310 e. The van der Waals surface area contributed by atoms with Crippen molar-refractivity contribution in [2.45, 2.75) is 59.4 Å². The second-order valence-corrected chi connectivity index (χ2v) is 6.77. The molecule has 2 rings (SSSR count). The Bertz CT molecular complexity index is 401. The number of hydrogen-bond donors (Lipinski definition) is 1. The van der Waals surface area contributed by atoms with Crippen LogP contribution in [0.4, 0.5) is 0 Å². The first-order valence-electron chi connectivity index (χ1n) is 7.67. The van der Waals surface area contributed by atoms with E-state index < -0.39 is 0 Å². The lowest BCUT2D eigenvalue weighted by atomic mass is 9.70. The summed E-state index contributed by atoms with van der Waals surface area (Å²) in [5.74, 6) is 0.760. The summed E-state index contributed by atoms with van der Waals surface area (Å²) >= 11 is 0. The predicted octanol–water partition coefficient (Wildman–Crippen LogP) is 4.26. The van der Waals surface area contributed by atoms with E-state index in [2.05, 4.69) is 50.3 Å². The van der Waals surface area contributed by atoms with Gasteiger partial charge in [-0.3, -0.25) is 4.98 Å². The van der Waals surface area contributed by atoms with Crippen LogP contribution in [0.3, 0.4) is 0 Å². The maximum absolute atomic E-state index is 4.33. The van der Waals surface area contributed by atoms with Crippen LogP contribution in [0.5, 0.6) is 0 Å². The smallest absolute Gasteiger partial charge is 0.0366 e. The number of pyridine rings is 1. The van der Waals surface area contributed by atoms with E-state index in [1.165, 1.54) is 36.8 Å². The van der Waals surface area contributed by atoms with Crippen molar-refractivity contribution in [3.63, 3.8) is 0 Å². The van der Waals surface area contributed by atoms with Gasteiger partial charge in [-0.25, -0.2) is 0 Å². The molecule has 2 nitrogen and oxygen atoms in total. The molecule has 19 heavy (non-hydrogen) atoms. The fourth-order valence-electron chi connectivity index (χ4n) is 3.31. The summed E-state index contributed by atoms with van der Waals surface area (Å²) in [6.45, 7) is 10.2. The summed E-state index contributed by atoms with van der Waals surface area (Å²) in [7, 11) is 0. The number of hydrogen-bond acceptors (Lipinski definition) is 2. The SMILES string of the molecule is CCNC(c1cnccc1C)C1CCC(C)(C)CC1. The fourth-order valence-corrected chi connectivity index (χ4v) is 3.31. The van der Waals surface area contributed by atoms with Crippen LogP contribution in [0.25, 0.3) is 0 Å². The zero-order chi connectivity index (χ0) is 13.9. The third kappa shape index (κ3) is 3.56. The van der Waals surface area contributed by atoms with Gasteiger partial charge in [0, 0.05) is 18.4 Å². The minimum absolute atomic E-state index is 0.481. The summed E-state index contributed by atoms with van der Waals surface area (Å²) in [5.41, 5.74) is 3.30. The van der Waals surface area contributed by atoms with Gasteiger partial charge < -0.3 is 5.32 Å². The molecule has 0 spiro atoms. The monoisotopic (exact) mass is 260 g/mol. The number of nitrogens with zero attached hydrogens (tertiary/aromatic N) is 1. The van der Waals surface area contributed by atoms with Gasteiger partial charge in [0.25, 0.3) is 0 Å². The molecule has 0 radical (unpaired) electrons. The number of aryl methyl sites for hydroxylation is 1. The van der Waals surface area contributed by atoms with Gasteiger partial charge in [-0.05, 0) is 67.7 Å². The molecule has 1 fully saturated rings. The second-order valence-electron chi connectivity index (χ2n) is 6.77. The topological polar surface area (TPSA) is 24.9 Å². The van der Waals surface area contributed by atoms with Crippen molar-refractivity contribution in [3.8, 4) is 0 Å². The van der Waals surface area contributed by atoms with Gasteiger partial charge in [0.15, 0.2) is 0 Å². The lowest BCUT2D eigenvalue weighted by Gasteiger charge is -2.38. The zero-order valence-corrected chi connectivity index (χ0v) is 12.9. The van der Waals surface area contributed by atoms with Crippen LogP contribution >= 0.6 is 0 Å². The normalized spacial score (nSPS) is 21.3. The maximum atomic E-state index is 4.33. The van der Waals surface area contributed by atoms with E-state index in [0.29, 0.717) is 11.5 Å². The number of rotatable bonds is 4. The van der Waals surface area contributed by atoms with Crippen LogP contribution in [0.1, 0.15) is 63.6 Å². The van der Waals surface area contributed by atoms with Crippen molar-refractivity contribution in [2.75, 3.05) is 6.54 Å². The second kappa shape index (κ2) is 6.04. The molecule has 1 atom stereocenters. The molecule has 1 saturated carbocycles. The first-order chi connectivity index (χ1) is 9.03. The molecular formula is C17H28N2. The molecule has 2 heteroatoms. The average molecular weight is 260 g/mol. The van der Waals surface area contributed by atoms with E-state index in [1.807, 2.05) is 6.20 Å². The number of aromatic nitrogens is 1. The van der Waals surface area contributed by atoms with Crippen LogP contribution in [-0.4, -0.2) is 11.5 Å². The minimum atomic E-state index is 0.481. The Morgan fingerprint density at radius 1 is 1.37 bits per heavy atom. The van der Waals surface area contributed by atoms with Crippen LogP contribution in [-0.2, 0) is 0 Å². The first-order valence-corrected chi connectivity index (χ1v) is 7.67.